The van der Waals surface area contributed by atoms with Gasteiger partial charge < -0.3 is 10.4 Å². The average Bonchev–Trinajstić information content (AvgIpc) is 2.27. The summed E-state index contributed by atoms with van der Waals surface area (Å²) in [6.07, 6.45) is 0.171. The standard InChI is InChI=1S/C14H19NO3/c1-10(2)15-13(16)8-12(9-14(17)18)11-6-4-3-5-7-11/h3-7,10,12H,8-9H2,1-2H3,(H,15,16)(H,17,18)/t12-/m1/s1. The van der Waals surface area contributed by atoms with Gasteiger partial charge in [0.1, 0.15) is 0 Å². The van der Waals surface area contributed by atoms with Crippen LogP contribution >= 0.6 is 0 Å². The van der Waals surface area contributed by atoms with Crippen LogP contribution in [0.3, 0.4) is 0 Å². The molecule has 0 aromatic heterocycles. The second-order valence-corrected chi connectivity index (χ2v) is 4.63. The first-order chi connectivity index (χ1) is 8.49. The first kappa shape index (κ1) is 14.2. The molecule has 1 rings (SSSR count). The average molecular weight is 249 g/mol. The predicted molar refractivity (Wildman–Crippen MR) is 69.3 cm³/mol. The zero-order valence-electron chi connectivity index (χ0n) is 10.7. The molecule has 0 bridgehead atoms. The Morgan fingerprint density at radius 1 is 1.17 bits per heavy atom. The third kappa shape index (κ3) is 4.99. The van der Waals surface area contributed by atoms with Crippen LogP contribution in [0.15, 0.2) is 30.3 Å². The molecular formula is C14H19NO3. The Morgan fingerprint density at radius 3 is 2.28 bits per heavy atom. The molecule has 0 spiro atoms. The quantitative estimate of drug-likeness (QED) is 0.812. The summed E-state index contributed by atoms with van der Waals surface area (Å²) in [6, 6.07) is 9.36. The number of rotatable bonds is 6. The summed E-state index contributed by atoms with van der Waals surface area (Å²) < 4.78 is 0. The highest BCUT2D eigenvalue weighted by molar-refractivity contribution is 5.78. The molecule has 1 amide bonds. The van der Waals surface area contributed by atoms with Gasteiger partial charge >= 0.3 is 5.97 Å². The summed E-state index contributed by atoms with van der Waals surface area (Å²) in [7, 11) is 0. The highest BCUT2D eigenvalue weighted by Gasteiger charge is 2.19. The predicted octanol–water partition coefficient (Wildman–Crippen LogP) is 2.16. The fourth-order valence-corrected chi connectivity index (χ4v) is 1.85. The lowest BCUT2D eigenvalue weighted by Gasteiger charge is -2.16. The van der Waals surface area contributed by atoms with E-state index in [1.165, 1.54) is 0 Å². The first-order valence-electron chi connectivity index (χ1n) is 6.05. The molecule has 98 valence electrons. The lowest BCUT2D eigenvalue weighted by molar-refractivity contribution is -0.137. The van der Waals surface area contributed by atoms with E-state index in [-0.39, 0.29) is 30.7 Å². The van der Waals surface area contributed by atoms with Crippen molar-refractivity contribution in [1.82, 2.24) is 5.32 Å². The molecule has 0 aliphatic rings. The van der Waals surface area contributed by atoms with Crippen molar-refractivity contribution < 1.29 is 14.7 Å². The minimum atomic E-state index is -0.888. The lowest BCUT2D eigenvalue weighted by atomic mass is 9.92. The van der Waals surface area contributed by atoms with Crippen molar-refractivity contribution in [3.05, 3.63) is 35.9 Å². The normalized spacial score (nSPS) is 12.2. The molecule has 0 saturated heterocycles. The smallest absolute Gasteiger partial charge is 0.303 e. The molecule has 4 nitrogen and oxygen atoms in total. The van der Waals surface area contributed by atoms with Crippen LogP contribution in [0.5, 0.6) is 0 Å². The number of hydrogen-bond acceptors (Lipinski definition) is 2. The fraction of sp³-hybridized carbons (Fsp3) is 0.429. The van der Waals surface area contributed by atoms with E-state index in [2.05, 4.69) is 5.32 Å². The van der Waals surface area contributed by atoms with E-state index in [0.717, 1.165) is 5.56 Å². The zero-order valence-corrected chi connectivity index (χ0v) is 10.7. The van der Waals surface area contributed by atoms with Crippen LogP contribution in [-0.4, -0.2) is 23.0 Å². The van der Waals surface area contributed by atoms with Crippen molar-refractivity contribution in [1.29, 1.82) is 0 Å². The molecule has 4 heteroatoms. The van der Waals surface area contributed by atoms with Gasteiger partial charge in [0.2, 0.25) is 5.91 Å². The third-order valence-electron chi connectivity index (χ3n) is 2.57. The van der Waals surface area contributed by atoms with Gasteiger partial charge in [0, 0.05) is 18.4 Å². The number of aliphatic carboxylic acids is 1. The Labute approximate surface area is 107 Å². The second kappa shape index (κ2) is 6.79. The maximum absolute atomic E-state index is 11.7. The molecule has 1 atom stereocenters. The topological polar surface area (TPSA) is 66.4 Å². The van der Waals surface area contributed by atoms with Gasteiger partial charge in [0.15, 0.2) is 0 Å². The number of benzene rings is 1. The van der Waals surface area contributed by atoms with Crippen molar-refractivity contribution in [3.8, 4) is 0 Å². The minimum Gasteiger partial charge on any atom is -0.481 e. The molecule has 1 aromatic carbocycles. The van der Waals surface area contributed by atoms with E-state index < -0.39 is 5.97 Å². The van der Waals surface area contributed by atoms with Gasteiger partial charge in [0.05, 0.1) is 6.42 Å². The summed E-state index contributed by atoms with van der Waals surface area (Å²) in [5.41, 5.74) is 0.888. The van der Waals surface area contributed by atoms with Gasteiger partial charge in [-0.25, -0.2) is 0 Å². The van der Waals surface area contributed by atoms with Crippen LogP contribution in [0.25, 0.3) is 0 Å². The SMILES string of the molecule is CC(C)NC(=O)C[C@H](CC(=O)O)c1ccccc1. The van der Waals surface area contributed by atoms with Gasteiger partial charge in [-0.3, -0.25) is 9.59 Å². The monoisotopic (exact) mass is 249 g/mol. The van der Waals surface area contributed by atoms with E-state index in [4.69, 9.17) is 5.11 Å². The third-order valence-corrected chi connectivity index (χ3v) is 2.57. The molecule has 0 unspecified atom stereocenters. The summed E-state index contributed by atoms with van der Waals surface area (Å²) in [6.45, 7) is 3.76. The number of hydrogen-bond donors (Lipinski definition) is 2. The van der Waals surface area contributed by atoms with E-state index in [9.17, 15) is 9.59 Å². The van der Waals surface area contributed by atoms with Gasteiger partial charge in [-0.1, -0.05) is 30.3 Å². The van der Waals surface area contributed by atoms with Crippen molar-refractivity contribution in [2.75, 3.05) is 0 Å². The summed E-state index contributed by atoms with van der Waals surface area (Å²) in [5, 5.41) is 11.7. The largest absolute Gasteiger partial charge is 0.481 e. The second-order valence-electron chi connectivity index (χ2n) is 4.63. The van der Waals surface area contributed by atoms with E-state index in [1.807, 2.05) is 44.2 Å². The fourth-order valence-electron chi connectivity index (χ4n) is 1.85. The van der Waals surface area contributed by atoms with Crippen molar-refractivity contribution in [2.45, 2.75) is 38.6 Å². The summed E-state index contributed by atoms with van der Waals surface area (Å²) in [5.74, 6) is -1.27. The van der Waals surface area contributed by atoms with Crippen molar-refractivity contribution in [3.63, 3.8) is 0 Å². The lowest BCUT2D eigenvalue weighted by Crippen LogP contribution is -2.31. The first-order valence-corrected chi connectivity index (χ1v) is 6.05. The van der Waals surface area contributed by atoms with Crippen LogP contribution < -0.4 is 5.32 Å². The van der Waals surface area contributed by atoms with Gasteiger partial charge in [-0.15, -0.1) is 0 Å². The van der Waals surface area contributed by atoms with Crippen LogP contribution in [-0.2, 0) is 9.59 Å². The number of carboxylic acids is 1. The van der Waals surface area contributed by atoms with Crippen LogP contribution in [0.2, 0.25) is 0 Å². The number of nitrogens with one attached hydrogen (secondary N) is 1. The van der Waals surface area contributed by atoms with Crippen LogP contribution in [0.1, 0.15) is 38.2 Å². The molecular weight excluding hydrogens is 230 g/mol. The molecule has 0 radical (unpaired) electrons. The Bertz CT molecular complexity index is 401. The molecule has 2 N–H and O–H groups in total. The molecule has 0 aliphatic heterocycles. The van der Waals surface area contributed by atoms with E-state index >= 15 is 0 Å². The highest BCUT2D eigenvalue weighted by atomic mass is 16.4. The van der Waals surface area contributed by atoms with Crippen molar-refractivity contribution >= 4 is 11.9 Å². The summed E-state index contributed by atoms with van der Waals surface area (Å²) in [4.78, 5) is 22.6. The Kier molecular flexibility index (Phi) is 5.36. The van der Waals surface area contributed by atoms with E-state index in [0.29, 0.717) is 0 Å². The number of carbonyl (C=O) groups is 2. The van der Waals surface area contributed by atoms with Crippen LogP contribution in [0.4, 0.5) is 0 Å². The molecule has 1 aromatic rings. The Morgan fingerprint density at radius 2 is 1.78 bits per heavy atom. The molecule has 0 saturated carbocycles. The van der Waals surface area contributed by atoms with Gasteiger partial charge in [-0.2, -0.15) is 0 Å². The van der Waals surface area contributed by atoms with Gasteiger partial charge in [0.25, 0.3) is 0 Å². The molecule has 0 aliphatic carbocycles. The Balaban J connectivity index is 2.73. The number of amides is 1. The minimum absolute atomic E-state index is 0.0322. The zero-order chi connectivity index (χ0) is 13.5. The Hall–Kier alpha value is -1.84. The summed E-state index contributed by atoms with van der Waals surface area (Å²) >= 11 is 0. The van der Waals surface area contributed by atoms with Crippen molar-refractivity contribution in [2.24, 2.45) is 0 Å². The maximum atomic E-state index is 11.7. The highest BCUT2D eigenvalue weighted by Crippen LogP contribution is 2.23. The van der Waals surface area contributed by atoms with Crippen LogP contribution in [0, 0.1) is 0 Å². The molecule has 0 heterocycles. The molecule has 18 heavy (non-hydrogen) atoms. The number of carboxylic acid groups (broad SMARTS) is 1. The number of carbonyl (C=O) groups excluding carboxylic acids is 1. The molecule has 0 fully saturated rings. The van der Waals surface area contributed by atoms with Gasteiger partial charge in [-0.05, 0) is 19.4 Å². The maximum Gasteiger partial charge on any atom is 0.303 e. The van der Waals surface area contributed by atoms with E-state index in [1.54, 1.807) is 0 Å².